The molecule has 0 saturated carbocycles. The number of nitrogens with zero attached hydrogens (tertiary/aromatic N) is 1. The zero-order valence-electron chi connectivity index (χ0n) is 9.22. The van der Waals surface area contributed by atoms with Crippen LogP contribution in [0.5, 0.6) is 0 Å². The summed E-state index contributed by atoms with van der Waals surface area (Å²) in [6.07, 6.45) is 2.97. The smallest absolute Gasteiger partial charge is 0.162 e. The van der Waals surface area contributed by atoms with E-state index in [4.69, 9.17) is 0 Å². The van der Waals surface area contributed by atoms with Crippen LogP contribution < -0.4 is 5.32 Å². The first-order chi connectivity index (χ1) is 8.33. The van der Waals surface area contributed by atoms with Gasteiger partial charge in [0.2, 0.25) is 0 Å². The fourth-order valence-electron chi connectivity index (χ4n) is 2.10. The van der Waals surface area contributed by atoms with E-state index in [-0.39, 0.29) is 11.8 Å². The van der Waals surface area contributed by atoms with Crippen molar-refractivity contribution in [3.63, 3.8) is 0 Å². The Bertz CT molecular complexity index is 511. The van der Waals surface area contributed by atoms with Gasteiger partial charge in [-0.1, -0.05) is 18.2 Å². The standard InChI is InChI=1S/C13H12N2OS/c16-12(8-13-14-5-6-17-13)11-7-9-3-1-2-4-10(9)15-11/h1-6,11,15H,7-8H2. The molecule has 2 heterocycles. The Morgan fingerprint density at radius 3 is 3.12 bits per heavy atom. The number of anilines is 1. The molecule has 0 aliphatic carbocycles. The molecule has 0 amide bonds. The Morgan fingerprint density at radius 1 is 1.47 bits per heavy atom. The van der Waals surface area contributed by atoms with Crippen LogP contribution in [-0.2, 0) is 17.6 Å². The number of aromatic nitrogens is 1. The van der Waals surface area contributed by atoms with Crippen LogP contribution >= 0.6 is 11.3 Å². The quantitative estimate of drug-likeness (QED) is 0.900. The second-order valence-corrected chi connectivity index (χ2v) is 5.11. The largest absolute Gasteiger partial charge is 0.375 e. The predicted octanol–water partition coefficient (Wildman–Crippen LogP) is 2.29. The van der Waals surface area contributed by atoms with Crippen molar-refractivity contribution < 1.29 is 4.79 Å². The van der Waals surface area contributed by atoms with Gasteiger partial charge in [0.05, 0.1) is 17.5 Å². The van der Waals surface area contributed by atoms with Gasteiger partial charge in [0, 0.05) is 23.7 Å². The molecular weight excluding hydrogens is 232 g/mol. The van der Waals surface area contributed by atoms with Crippen LogP contribution in [0.3, 0.4) is 0 Å². The molecule has 1 aliphatic rings. The lowest BCUT2D eigenvalue weighted by molar-refractivity contribution is -0.119. The normalized spacial score (nSPS) is 17.5. The van der Waals surface area contributed by atoms with E-state index in [0.29, 0.717) is 6.42 Å². The van der Waals surface area contributed by atoms with Crippen molar-refractivity contribution in [2.75, 3.05) is 5.32 Å². The Hall–Kier alpha value is -1.68. The zero-order valence-corrected chi connectivity index (χ0v) is 10.0. The minimum atomic E-state index is -0.0868. The van der Waals surface area contributed by atoms with Gasteiger partial charge in [-0.15, -0.1) is 11.3 Å². The van der Waals surface area contributed by atoms with E-state index in [1.165, 1.54) is 16.9 Å². The van der Waals surface area contributed by atoms with Crippen molar-refractivity contribution in [1.82, 2.24) is 4.98 Å². The molecule has 3 nitrogen and oxygen atoms in total. The fraction of sp³-hybridized carbons (Fsp3) is 0.231. The predicted molar refractivity (Wildman–Crippen MR) is 68.4 cm³/mol. The number of fused-ring (bicyclic) bond motifs is 1. The highest BCUT2D eigenvalue weighted by molar-refractivity contribution is 7.09. The number of carbonyl (C=O) groups excluding carboxylic acids is 1. The number of nitrogens with one attached hydrogen (secondary N) is 1. The first-order valence-corrected chi connectivity index (χ1v) is 6.46. The SMILES string of the molecule is O=C(Cc1nccs1)C1Cc2ccccc2N1. The number of rotatable bonds is 3. The maximum Gasteiger partial charge on any atom is 0.162 e. The molecule has 4 heteroatoms. The zero-order chi connectivity index (χ0) is 11.7. The minimum absolute atomic E-state index is 0.0868. The number of thiazole rings is 1. The van der Waals surface area contributed by atoms with Crippen LogP contribution in [0.15, 0.2) is 35.8 Å². The summed E-state index contributed by atoms with van der Waals surface area (Å²) in [6.45, 7) is 0. The summed E-state index contributed by atoms with van der Waals surface area (Å²) in [5, 5.41) is 6.07. The number of benzene rings is 1. The number of hydrogen-bond donors (Lipinski definition) is 1. The average Bonchev–Trinajstić information content (AvgIpc) is 2.96. The van der Waals surface area contributed by atoms with E-state index in [0.717, 1.165) is 17.1 Å². The van der Waals surface area contributed by atoms with Crippen molar-refractivity contribution in [3.05, 3.63) is 46.4 Å². The van der Waals surface area contributed by atoms with E-state index < -0.39 is 0 Å². The first kappa shape index (κ1) is 10.5. The number of carbonyl (C=O) groups is 1. The number of hydrogen-bond acceptors (Lipinski definition) is 4. The number of ketones is 1. The van der Waals surface area contributed by atoms with Crippen LogP contribution in [-0.4, -0.2) is 16.8 Å². The van der Waals surface area contributed by atoms with Gasteiger partial charge in [-0.2, -0.15) is 0 Å². The van der Waals surface area contributed by atoms with Crippen LogP contribution in [0, 0.1) is 0 Å². The van der Waals surface area contributed by atoms with E-state index in [2.05, 4.69) is 16.4 Å². The van der Waals surface area contributed by atoms with Gasteiger partial charge in [0.15, 0.2) is 5.78 Å². The Labute approximate surface area is 104 Å². The van der Waals surface area contributed by atoms with Crippen molar-refractivity contribution in [1.29, 1.82) is 0 Å². The maximum absolute atomic E-state index is 12.1. The molecule has 1 aliphatic heterocycles. The highest BCUT2D eigenvalue weighted by Crippen LogP contribution is 2.26. The van der Waals surface area contributed by atoms with Gasteiger partial charge in [-0.3, -0.25) is 4.79 Å². The molecule has 1 atom stereocenters. The van der Waals surface area contributed by atoms with Gasteiger partial charge < -0.3 is 5.32 Å². The Kier molecular flexibility index (Phi) is 2.65. The van der Waals surface area contributed by atoms with Crippen LogP contribution in [0.2, 0.25) is 0 Å². The van der Waals surface area contributed by atoms with Crippen molar-refractivity contribution in [2.24, 2.45) is 0 Å². The lowest BCUT2D eigenvalue weighted by atomic mass is 10.1. The van der Waals surface area contributed by atoms with E-state index in [1.807, 2.05) is 23.6 Å². The molecule has 86 valence electrons. The third kappa shape index (κ3) is 2.08. The number of para-hydroxylation sites is 1. The molecule has 0 spiro atoms. The molecule has 1 aromatic heterocycles. The van der Waals surface area contributed by atoms with E-state index in [9.17, 15) is 4.79 Å². The van der Waals surface area contributed by atoms with Gasteiger partial charge >= 0.3 is 0 Å². The molecule has 0 fully saturated rings. The van der Waals surface area contributed by atoms with E-state index in [1.54, 1.807) is 6.20 Å². The highest BCUT2D eigenvalue weighted by atomic mass is 32.1. The highest BCUT2D eigenvalue weighted by Gasteiger charge is 2.26. The molecule has 0 saturated heterocycles. The average molecular weight is 244 g/mol. The van der Waals surface area contributed by atoms with Crippen LogP contribution in [0.1, 0.15) is 10.6 Å². The third-order valence-corrected chi connectivity index (χ3v) is 3.75. The summed E-state index contributed by atoms with van der Waals surface area (Å²) in [6, 6.07) is 8.00. The first-order valence-electron chi connectivity index (χ1n) is 5.58. The van der Waals surface area contributed by atoms with Gasteiger partial charge in [-0.25, -0.2) is 4.98 Å². The molecule has 1 aromatic carbocycles. The van der Waals surface area contributed by atoms with Crippen molar-refractivity contribution in [2.45, 2.75) is 18.9 Å². The summed E-state index contributed by atoms with van der Waals surface area (Å²) in [4.78, 5) is 16.2. The second-order valence-electron chi connectivity index (χ2n) is 4.13. The summed E-state index contributed by atoms with van der Waals surface area (Å²) in [5.74, 6) is 0.219. The van der Waals surface area contributed by atoms with Crippen LogP contribution in [0.25, 0.3) is 0 Å². The molecule has 17 heavy (non-hydrogen) atoms. The van der Waals surface area contributed by atoms with Crippen molar-refractivity contribution in [3.8, 4) is 0 Å². The monoisotopic (exact) mass is 244 g/mol. The number of Topliss-reactive ketones (excluding diaryl/α,β-unsaturated/α-hetero) is 1. The second kappa shape index (κ2) is 4.30. The Balaban J connectivity index is 1.70. The lowest BCUT2D eigenvalue weighted by Crippen LogP contribution is -2.28. The fourth-order valence-corrected chi connectivity index (χ4v) is 2.73. The summed E-state index contributed by atoms with van der Waals surface area (Å²) < 4.78 is 0. The summed E-state index contributed by atoms with van der Waals surface area (Å²) in [7, 11) is 0. The minimum Gasteiger partial charge on any atom is -0.375 e. The summed E-state index contributed by atoms with van der Waals surface area (Å²) in [5.41, 5.74) is 2.31. The molecule has 3 rings (SSSR count). The van der Waals surface area contributed by atoms with Crippen LogP contribution in [0.4, 0.5) is 5.69 Å². The molecular formula is C13H12N2OS. The topological polar surface area (TPSA) is 42.0 Å². The molecule has 2 aromatic rings. The lowest BCUT2D eigenvalue weighted by Gasteiger charge is -2.08. The molecule has 1 N–H and O–H groups in total. The molecule has 0 bridgehead atoms. The van der Waals surface area contributed by atoms with Crippen molar-refractivity contribution >= 4 is 22.8 Å². The van der Waals surface area contributed by atoms with E-state index >= 15 is 0 Å². The Morgan fingerprint density at radius 2 is 2.35 bits per heavy atom. The van der Waals surface area contributed by atoms with Gasteiger partial charge in [0.1, 0.15) is 0 Å². The third-order valence-electron chi connectivity index (χ3n) is 2.97. The van der Waals surface area contributed by atoms with Gasteiger partial charge in [-0.05, 0) is 11.6 Å². The summed E-state index contributed by atoms with van der Waals surface area (Å²) >= 11 is 1.53. The maximum atomic E-state index is 12.1. The molecule has 1 unspecified atom stereocenters. The van der Waals surface area contributed by atoms with Gasteiger partial charge in [0.25, 0.3) is 0 Å². The molecule has 0 radical (unpaired) electrons.